The van der Waals surface area contributed by atoms with Crippen LogP contribution in [0.5, 0.6) is 5.75 Å². The molecule has 4 heteroatoms. The molecule has 1 rings (SSSR count). The molecule has 1 aromatic carbocycles. The van der Waals surface area contributed by atoms with Crippen LogP contribution >= 0.6 is 0 Å². The Balaban J connectivity index is 2.61. The number of nitrogens with one attached hydrogen (secondary N) is 1. The molecule has 0 spiro atoms. The molecule has 0 aliphatic rings. The molecule has 4 nitrogen and oxygen atoms in total. The maximum absolute atomic E-state index is 11.8. The Labute approximate surface area is 121 Å². The van der Waals surface area contributed by atoms with Crippen molar-refractivity contribution < 1.29 is 14.3 Å². The monoisotopic (exact) mass is 279 g/mol. The highest BCUT2D eigenvalue weighted by atomic mass is 16.5. The van der Waals surface area contributed by atoms with Gasteiger partial charge in [-0.05, 0) is 18.6 Å². The lowest BCUT2D eigenvalue weighted by atomic mass is 10.1. The topological polar surface area (TPSA) is 47.6 Å². The Kier molecular flexibility index (Phi) is 7.55. The second kappa shape index (κ2) is 9.23. The van der Waals surface area contributed by atoms with Crippen molar-refractivity contribution in [1.82, 2.24) is 0 Å². The smallest absolute Gasteiger partial charge is 0.328 e. The second-order valence-electron chi connectivity index (χ2n) is 4.80. The van der Waals surface area contributed by atoms with Gasteiger partial charge in [0.1, 0.15) is 11.8 Å². The predicted molar refractivity (Wildman–Crippen MR) is 81.2 cm³/mol. The third kappa shape index (κ3) is 5.51. The fourth-order valence-corrected chi connectivity index (χ4v) is 2.08. The third-order valence-electron chi connectivity index (χ3n) is 3.24. The number of esters is 1. The van der Waals surface area contributed by atoms with E-state index in [4.69, 9.17) is 9.47 Å². The predicted octanol–water partition coefficient (Wildman–Crippen LogP) is 3.62. The highest BCUT2D eigenvalue weighted by molar-refractivity contribution is 5.79. The van der Waals surface area contributed by atoms with Gasteiger partial charge in [0, 0.05) is 11.8 Å². The average molecular weight is 279 g/mol. The number of unbranched alkanes of at least 4 members (excludes halogenated alkanes) is 3. The molecule has 0 aliphatic heterocycles. The van der Waals surface area contributed by atoms with Gasteiger partial charge in [0.15, 0.2) is 0 Å². The summed E-state index contributed by atoms with van der Waals surface area (Å²) in [6.07, 6.45) is 5.33. The SMILES string of the molecule is CCCCCCC(Nc1cccc(OC)c1)C(=O)OC. The molecule has 1 unspecified atom stereocenters. The maximum atomic E-state index is 11.8. The number of carbonyl (C=O) groups excluding carboxylic acids is 1. The van der Waals surface area contributed by atoms with Crippen LogP contribution in [0.25, 0.3) is 0 Å². The van der Waals surface area contributed by atoms with Crippen LogP contribution in [0.15, 0.2) is 24.3 Å². The molecule has 1 N–H and O–H groups in total. The van der Waals surface area contributed by atoms with Gasteiger partial charge in [-0.2, -0.15) is 0 Å². The van der Waals surface area contributed by atoms with E-state index in [9.17, 15) is 4.79 Å². The summed E-state index contributed by atoms with van der Waals surface area (Å²) in [5.41, 5.74) is 0.871. The van der Waals surface area contributed by atoms with Crippen LogP contribution in [0, 0.1) is 0 Å². The summed E-state index contributed by atoms with van der Waals surface area (Å²) >= 11 is 0. The van der Waals surface area contributed by atoms with Crippen LogP contribution in [0.2, 0.25) is 0 Å². The van der Waals surface area contributed by atoms with E-state index in [0.29, 0.717) is 0 Å². The fraction of sp³-hybridized carbons (Fsp3) is 0.562. The molecule has 0 bridgehead atoms. The van der Waals surface area contributed by atoms with Crippen molar-refractivity contribution in [2.24, 2.45) is 0 Å². The fourth-order valence-electron chi connectivity index (χ4n) is 2.08. The van der Waals surface area contributed by atoms with Crippen molar-refractivity contribution >= 4 is 11.7 Å². The van der Waals surface area contributed by atoms with Crippen molar-refractivity contribution in [2.45, 2.75) is 45.1 Å². The van der Waals surface area contributed by atoms with E-state index in [1.165, 1.54) is 20.0 Å². The first-order valence-electron chi connectivity index (χ1n) is 7.19. The first-order valence-corrected chi connectivity index (χ1v) is 7.19. The summed E-state index contributed by atoms with van der Waals surface area (Å²) in [5, 5.41) is 3.23. The lowest BCUT2D eigenvalue weighted by molar-refractivity contribution is -0.141. The Morgan fingerprint density at radius 2 is 2.05 bits per heavy atom. The summed E-state index contributed by atoms with van der Waals surface area (Å²) in [7, 11) is 3.05. The third-order valence-corrected chi connectivity index (χ3v) is 3.24. The zero-order valence-electron chi connectivity index (χ0n) is 12.6. The van der Waals surface area contributed by atoms with Gasteiger partial charge >= 0.3 is 5.97 Å². The van der Waals surface area contributed by atoms with E-state index >= 15 is 0 Å². The molecule has 0 heterocycles. The molecular weight excluding hydrogens is 254 g/mol. The number of hydrogen-bond donors (Lipinski definition) is 1. The van der Waals surface area contributed by atoms with E-state index in [1.54, 1.807) is 7.11 Å². The van der Waals surface area contributed by atoms with Gasteiger partial charge in [-0.25, -0.2) is 4.79 Å². The molecule has 0 aromatic heterocycles. The molecule has 0 amide bonds. The molecule has 1 atom stereocenters. The number of carbonyl (C=O) groups is 1. The highest BCUT2D eigenvalue weighted by Gasteiger charge is 2.18. The van der Waals surface area contributed by atoms with Crippen LogP contribution in [0.1, 0.15) is 39.0 Å². The standard InChI is InChI=1S/C16H25NO3/c1-4-5-6-7-11-15(16(18)20-3)17-13-9-8-10-14(12-13)19-2/h8-10,12,15,17H,4-7,11H2,1-3H3. The van der Waals surface area contributed by atoms with Gasteiger partial charge in [0.25, 0.3) is 0 Å². The normalized spacial score (nSPS) is 11.8. The van der Waals surface area contributed by atoms with Gasteiger partial charge < -0.3 is 14.8 Å². The molecular formula is C16H25NO3. The Hall–Kier alpha value is -1.71. The molecule has 1 aromatic rings. The van der Waals surface area contributed by atoms with Crippen molar-refractivity contribution in [3.8, 4) is 5.75 Å². The number of rotatable bonds is 9. The summed E-state index contributed by atoms with van der Waals surface area (Å²) < 4.78 is 10.0. The van der Waals surface area contributed by atoms with Crippen LogP contribution in [-0.2, 0) is 9.53 Å². The Morgan fingerprint density at radius 3 is 2.70 bits per heavy atom. The number of benzene rings is 1. The number of methoxy groups -OCH3 is 2. The van der Waals surface area contributed by atoms with Gasteiger partial charge in [-0.1, -0.05) is 38.7 Å². The van der Waals surface area contributed by atoms with Gasteiger partial charge in [0.2, 0.25) is 0 Å². The van der Waals surface area contributed by atoms with Crippen LogP contribution < -0.4 is 10.1 Å². The molecule has 0 aliphatic carbocycles. The lowest BCUT2D eigenvalue weighted by Crippen LogP contribution is -2.30. The largest absolute Gasteiger partial charge is 0.497 e. The zero-order chi connectivity index (χ0) is 14.8. The average Bonchev–Trinajstić information content (AvgIpc) is 2.49. The van der Waals surface area contributed by atoms with Crippen molar-refractivity contribution in [3.05, 3.63) is 24.3 Å². The molecule has 0 saturated heterocycles. The summed E-state index contributed by atoms with van der Waals surface area (Å²) in [5.74, 6) is 0.550. The van der Waals surface area contributed by atoms with Crippen molar-refractivity contribution in [1.29, 1.82) is 0 Å². The quantitative estimate of drug-likeness (QED) is 0.554. The van der Waals surface area contributed by atoms with Crippen molar-refractivity contribution in [2.75, 3.05) is 19.5 Å². The highest BCUT2D eigenvalue weighted by Crippen LogP contribution is 2.19. The van der Waals surface area contributed by atoms with Crippen LogP contribution in [0.4, 0.5) is 5.69 Å². The molecule has 0 saturated carbocycles. The van der Waals surface area contributed by atoms with Crippen LogP contribution in [-0.4, -0.2) is 26.2 Å². The summed E-state index contributed by atoms with van der Waals surface area (Å²) in [4.78, 5) is 11.8. The van der Waals surface area contributed by atoms with Gasteiger partial charge in [-0.3, -0.25) is 0 Å². The van der Waals surface area contributed by atoms with E-state index in [1.807, 2.05) is 24.3 Å². The number of anilines is 1. The van der Waals surface area contributed by atoms with E-state index in [0.717, 1.165) is 30.7 Å². The Bertz CT molecular complexity index is 406. The second-order valence-corrected chi connectivity index (χ2v) is 4.80. The minimum atomic E-state index is -0.302. The minimum absolute atomic E-state index is 0.218. The van der Waals surface area contributed by atoms with E-state index in [-0.39, 0.29) is 12.0 Å². The number of hydrogen-bond acceptors (Lipinski definition) is 4. The van der Waals surface area contributed by atoms with Gasteiger partial charge in [-0.15, -0.1) is 0 Å². The van der Waals surface area contributed by atoms with Crippen LogP contribution in [0.3, 0.4) is 0 Å². The molecule has 0 fully saturated rings. The van der Waals surface area contributed by atoms with Crippen molar-refractivity contribution in [3.63, 3.8) is 0 Å². The lowest BCUT2D eigenvalue weighted by Gasteiger charge is -2.18. The molecule has 0 radical (unpaired) electrons. The van der Waals surface area contributed by atoms with E-state index in [2.05, 4.69) is 12.2 Å². The minimum Gasteiger partial charge on any atom is -0.497 e. The Morgan fingerprint density at radius 1 is 1.25 bits per heavy atom. The molecule has 112 valence electrons. The maximum Gasteiger partial charge on any atom is 0.328 e. The first kappa shape index (κ1) is 16.3. The van der Waals surface area contributed by atoms with E-state index < -0.39 is 0 Å². The van der Waals surface area contributed by atoms with Gasteiger partial charge in [0.05, 0.1) is 14.2 Å². The number of ether oxygens (including phenoxy) is 2. The summed E-state index contributed by atoms with van der Waals surface area (Å²) in [6.45, 7) is 2.17. The zero-order valence-corrected chi connectivity index (χ0v) is 12.6. The first-order chi connectivity index (χ1) is 9.71. The molecule has 20 heavy (non-hydrogen) atoms. The summed E-state index contributed by atoms with van der Waals surface area (Å²) in [6, 6.07) is 7.27.